The van der Waals surface area contributed by atoms with Gasteiger partial charge in [-0.2, -0.15) is 8.78 Å². The molecule has 0 bridgehead atoms. The third-order valence-electron chi connectivity index (χ3n) is 4.01. The lowest BCUT2D eigenvalue weighted by atomic mass is 9.97. The van der Waals surface area contributed by atoms with Crippen molar-refractivity contribution in [3.8, 4) is 5.75 Å². The van der Waals surface area contributed by atoms with E-state index in [0.29, 0.717) is 12.0 Å². The summed E-state index contributed by atoms with van der Waals surface area (Å²) in [4.78, 5) is 11.3. The minimum Gasteiger partial charge on any atom is -0.481 e. The quantitative estimate of drug-likeness (QED) is 0.708. The van der Waals surface area contributed by atoms with Gasteiger partial charge in [-0.05, 0) is 29.2 Å². The molecule has 0 aliphatic heterocycles. The number of hydrogen-bond donors (Lipinski definition) is 2. The maximum Gasteiger partial charge on any atom is 0.387 e. The first-order valence-electron chi connectivity index (χ1n) is 8.27. The predicted octanol–water partition coefficient (Wildman–Crippen LogP) is 4.28. The number of benzene rings is 2. The molecule has 0 saturated carbocycles. The molecule has 2 N–H and O–H groups in total. The van der Waals surface area contributed by atoms with Crippen molar-refractivity contribution in [2.45, 2.75) is 33.4 Å². The van der Waals surface area contributed by atoms with E-state index in [1.54, 1.807) is 6.07 Å². The Labute approximate surface area is 145 Å². The van der Waals surface area contributed by atoms with Gasteiger partial charge >= 0.3 is 12.6 Å². The van der Waals surface area contributed by atoms with Gasteiger partial charge < -0.3 is 15.2 Å². The Morgan fingerprint density at radius 2 is 1.92 bits per heavy atom. The normalized spacial score (nSPS) is 12.7. The summed E-state index contributed by atoms with van der Waals surface area (Å²) < 4.78 is 30.0. The molecule has 25 heavy (non-hydrogen) atoms. The zero-order valence-corrected chi connectivity index (χ0v) is 14.3. The fourth-order valence-corrected chi connectivity index (χ4v) is 2.92. The second-order valence-electron chi connectivity index (χ2n) is 6.44. The summed E-state index contributed by atoms with van der Waals surface area (Å²) in [6.45, 7) is 1.55. The molecule has 0 fully saturated rings. The number of carboxylic acids is 1. The van der Waals surface area contributed by atoms with Crippen LogP contribution in [-0.2, 0) is 11.3 Å². The zero-order chi connectivity index (χ0) is 18.4. The molecular weight excluding hydrogens is 328 g/mol. The van der Waals surface area contributed by atoms with E-state index in [0.717, 1.165) is 10.8 Å². The van der Waals surface area contributed by atoms with Crippen LogP contribution in [0, 0.1) is 11.8 Å². The number of alkyl halides is 2. The highest BCUT2D eigenvalue weighted by Gasteiger charge is 2.19. The number of hydrogen-bond acceptors (Lipinski definition) is 3. The van der Waals surface area contributed by atoms with Gasteiger partial charge in [0.05, 0.1) is 5.92 Å². The molecule has 0 aromatic heterocycles. The van der Waals surface area contributed by atoms with E-state index in [2.05, 4.69) is 10.1 Å². The summed E-state index contributed by atoms with van der Waals surface area (Å²) in [5, 5.41) is 14.1. The number of aliphatic carboxylic acids is 1. The summed E-state index contributed by atoms with van der Waals surface area (Å²) in [6.07, 6.45) is 0.554. The first-order chi connectivity index (χ1) is 11.9. The molecule has 0 heterocycles. The predicted molar refractivity (Wildman–Crippen MR) is 92.9 cm³/mol. The lowest BCUT2D eigenvalue weighted by molar-refractivity contribution is -0.142. The summed E-state index contributed by atoms with van der Waals surface area (Å²) in [7, 11) is 0. The van der Waals surface area contributed by atoms with E-state index < -0.39 is 18.5 Å². The molecule has 136 valence electrons. The largest absolute Gasteiger partial charge is 0.481 e. The van der Waals surface area contributed by atoms with Crippen LogP contribution in [0.25, 0.3) is 10.8 Å². The van der Waals surface area contributed by atoms with Gasteiger partial charge in [-0.3, -0.25) is 4.79 Å². The summed E-state index contributed by atoms with van der Waals surface area (Å²) >= 11 is 0. The Balaban J connectivity index is 2.19. The Hall–Kier alpha value is -2.21. The molecule has 2 aromatic rings. The van der Waals surface area contributed by atoms with Gasteiger partial charge in [0.25, 0.3) is 0 Å². The van der Waals surface area contributed by atoms with Crippen LogP contribution in [0.2, 0.25) is 0 Å². The minimum atomic E-state index is -2.91. The van der Waals surface area contributed by atoms with E-state index in [-0.39, 0.29) is 24.8 Å². The lowest BCUT2D eigenvalue weighted by Gasteiger charge is -2.18. The Bertz CT molecular complexity index is 719. The van der Waals surface area contributed by atoms with Gasteiger partial charge in [-0.15, -0.1) is 0 Å². The highest BCUT2D eigenvalue weighted by molar-refractivity contribution is 5.87. The van der Waals surface area contributed by atoms with Crippen molar-refractivity contribution in [3.63, 3.8) is 0 Å². The standard InChI is InChI=1S/C19H23F2NO3/c1-12(2)9-14(18(23)24)10-22-11-16-15-6-4-3-5-13(15)7-8-17(16)25-19(20)21/h3-8,12,14,19,22H,9-11H2,1-2H3,(H,23,24). The van der Waals surface area contributed by atoms with Crippen LogP contribution in [0.3, 0.4) is 0 Å². The topological polar surface area (TPSA) is 58.6 Å². The van der Waals surface area contributed by atoms with Crippen molar-refractivity contribution in [2.75, 3.05) is 6.54 Å². The molecule has 2 aromatic carbocycles. The molecule has 1 atom stereocenters. The summed E-state index contributed by atoms with van der Waals surface area (Å²) in [6, 6.07) is 10.7. The third kappa shape index (κ3) is 5.39. The van der Waals surface area contributed by atoms with Gasteiger partial charge in [0.2, 0.25) is 0 Å². The van der Waals surface area contributed by atoms with Crippen LogP contribution in [-0.4, -0.2) is 24.2 Å². The van der Waals surface area contributed by atoms with Crippen LogP contribution in [0.15, 0.2) is 36.4 Å². The van der Waals surface area contributed by atoms with E-state index in [1.807, 2.05) is 38.1 Å². The van der Waals surface area contributed by atoms with E-state index in [9.17, 15) is 18.7 Å². The minimum absolute atomic E-state index is 0.108. The van der Waals surface area contributed by atoms with Crippen LogP contribution < -0.4 is 10.1 Å². The molecule has 0 spiro atoms. The van der Waals surface area contributed by atoms with Gasteiger partial charge in [-0.1, -0.05) is 44.2 Å². The van der Waals surface area contributed by atoms with Crippen molar-refractivity contribution >= 4 is 16.7 Å². The first kappa shape index (κ1) is 19.1. The molecule has 0 amide bonds. The monoisotopic (exact) mass is 351 g/mol. The first-order valence-corrected chi connectivity index (χ1v) is 8.27. The SMILES string of the molecule is CC(C)CC(CNCc1c(OC(F)F)ccc2ccccc12)C(=O)O. The van der Waals surface area contributed by atoms with Crippen molar-refractivity contribution in [2.24, 2.45) is 11.8 Å². The Morgan fingerprint density at radius 1 is 1.20 bits per heavy atom. The lowest BCUT2D eigenvalue weighted by Crippen LogP contribution is -2.29. The average Bonchev–Trinajstić information content (AvgIpc) is 2.54. The van der Waals surface area contributed by atoms with Crippen molar-refractivity contribution < 1.29 is 23.4 Å². The van der Waals surface area contributed by atoms with Crippen LogP contribution in [0.4, 0.5) is 8.78 Å². The average molecular weight is 351 g/mol. The number of rotatable bonds is 9. The van der Waals surface area contributed by atoms with Crippen molar-refractivity contribution in [1.82, 2.24) is 5.32 Å². The number of halogens is 2. The van der Waals surface area contributed by atoms with Crippen LogP contribution in [0.5, 0.6) is 5.75 Å². The number of carboxylic acid groups (broad SMARTS) is 1. The van der Waals surface area contributed by atoms with Crippen LogP contribution in [0.1, 0.15) is 25.8 Å². The highest BCUT2D eigenvalue weighted by atomic mass is 19.3. The molecule has 0 radical (unpaired) electrons. The summed E-state index contributed by atoms with van der Waals surface area (Å²) in [5.74, 6) is -1.01. The maximum atomic E-state index is 12.7. The molecule has 1 unspecified atom stereocenters. The van der Waals surface area contributed by atoms with Crippen LogP contribution >= 0.6 is 0 Å². The number of ether oxygens (including phenoxy) is 1. The second kappa shape index (κ2) is 8.76. The molecular formula is C19H23F2NO3. The Morgan fingerprint density at radius 3 is 2.56 bits per heavy atom. The fourth-order valence-electron chi connectivity index (χ4n) is 2.92. The van der Waals surface area contributed by atoms with E-state index in [1.165, 1.54) is 6.07 Å². The van der Waals surface area contributed by atoms with E-state index in [4.69, 9.17) is 0 Å². The smallest absolute Gasteiger partial charge is 0.387 e. The maximum absolute atomic E-state index is 12.7. The third-order valence-corrected chi connectivity index (χ3v) is 4.01. The molecule has 0 saturated heterocycles. The molecule has 6 heteroatoms. The molecule has 0 aliphatic rings. The Kier molecular flexibility index (Phi) is 6.70. The van der Waals surface area contributed by atoms with E-state index >= 15 is 0 Å². The fraction of sp³-hybridized carbons (Fsp3) is 0.421. The van der Waals surface area contributed by atoms with Gasteiger partial charge in [0, 0.05) is 18.7 Å². The zero-order valence-electron chi connectivity index (χ0n) is 14.3. The highest BCUT2D eigenvalue weighted by Crippen LogP contribution is 2.29. The van der Waals surface area contributed by atoms with Crippen molar-refractivity contribution in [3.05, 3.63) is 42.0 Å². The molecule has 4 nitrogen and oxygen atoms in total. The second-order valence-corrected chi connectivity index (χ2v) is 6.44. The van der Waals surface area contributed by atoms with Crippen molar-refractivity contribution in [1.29, 1.82) is 0 Å². The molecule has 0 aliphatic carbocycles. The number of nitrogens with one attached hydrogen (secondary N) is 1. The number of carbonyl (C=O) groups is 1. The number of fused-ring (bicyclic) bond motifs is 1. The summed E-state index contributed by atoms with van der Waals surface area (Å²) in [5.41, 5.74) is 0.604. The van der Waals surface area contributed by atoms with Gasteiger partial charge in [-0.25, -0.2) is 0 Å². The van der Waals surface area contributed by atoms with Gasteiger partial charge in [0.15, 0.2) is 0 Å². The molecule has 2 rings (SSSR count). The van der Waals surface area contributed by atoms with Gasteiger partial charge in [0.1, 0.15) is 5.75 Å².